The van der Waals surface area contributed by atoms with E-state index in [9.17, 15) is 4.79 Å². The number of nitrogens with zero attached hydrogens (tertiary/aromatic N) is 2. The zero-order chi connectivity index (χ0) is 21.3. The van der Waals surface area contributed by atoms with Crippen molar-refractivity contribution >= 4 is 11.7 Å². The lowest BCUT2D eigenvalue weighted by Gasteiger charge is -2.24. The molecule has 158 valence electrons. The van der Waals surface area contributed by atoms with Crippen LogP contribution in [-0.2, 0) is 24.2 Å². The molecule has 1 heterocycles. The molecule has 0 atom stereocenters. The second-order valence-electron chi connectivity index (χ2n) is 7.51. The lowest BCUT2D eigenvalue weighted by atomic mass is 10.1. The highest BCUT2D eigenvalue weighted by molar-refractivity contribution is 5.89. The first kappa shape index (κ1) is 21.7. The summed E-state index contributed by atoms with van der Waals surface area (Å²) in [5, 5.41) is 3.01. The van der Waals surface area contributed by atoms with Crippen LogP contribution < -0.4 is 5.32 Å². The van der Waals surface area contributed by atoms with E-state index in [-0.39, 0.29) is 6.03 Å². The van der Waals surface area contributed by atoms with Crippen molar-refractivity contribution in [3.05, 3.63) is 89.2 Å². The van der Waals surface area contributed by atoms with Crippen molar-refractivity contribution in [3.63, 3.8) is 0 Å². The highest BCUT2D eigenvalue weighted by atomic mass is 16.5. The number of benzene rings is 2. The van der Waals surface area contributed by atoms with Crippen molar-refractivity contribution in [1.29, 1.82) is 0 Å². The maximum Gasteiger partial charge on any atom is 0.322 e. The SMILES string of the molecule is CCc1ccc(NC(=O)N(CCOC)Cc2cccn2Cc2ccc(C)cc2)cc1. The highest BCUT2D eigenvalue weighted by Gasteiger charge is 2.16. The predicted octanol–water partition coefficient (Wildman–Crippen LogP) is 5.09. The first-order valence-corrected chi connectivity index (χ1v) is 10.4. The lowest BCUT2D eigenvalue weighted by molar-refractivity contribution is 0.152. The van der Waals surface area contributed by atoms with Crippen LogP contribution in [0.4, 0.5) is 10.5 Å². The largest absolute Gasteiger partial charge is 0.383 e. The van der Waals surface area contributed by atoms with Crippen LogP contribution in [0.1, 0.15) is 29.3 Å². The summed E-state index contributed by atoms with van der Waals surface area (Å²) in [5.41, 5.74) is 5.62. The van der Waals surface area contributed by atoms with E-state index in [0.29, 0.717) is 19.7 Å². The van der Waals surface area contributed by atoms with Gasteiger partial charge < -0.3 is 19.5 Å². The van der Waals surface area contributed by atoms with Gasteiger partial charge in [0.05, 0.1) is 13.2 Å². The normalized spacial score (nSPS) is 10.8. The molecule has 0 bridgehead atoms. The average Bonchev–Trinajstić information content (AvgIpc) is 3.19. The molecule has 1 N–H and O–H groups in total. The van der Waals surface area contributed by atoms with Crippen molar-refractivity contribution in [3.8, 4) is 0 Å². The third-order valence-electron chi connectivity index (χ3n) is 5.22. The van der Waals surface area contributed by atoms with Crippen LogP contribution >= 0.6 is 0 Å². The lowest BCUT2D eigenvalue weighted by Crippen LogP contribution is -2.37. The van der Waals surface area contributed by atoms with E-state index < -0.39 is 0 Å². The number of anilines is 1. The number of hydrogen-bond acceptors (Lipinski definition) is 2. The molecule has 2 amide bonds. The molecule has 0 saturated heterocycles. The fraction of sp³-hybridized carbons (Fsp3) is 0.320. The van der Waals surface area contributed by atoms with E-state index in [4.69, 9.17) is 4.74 Å². The summed E-state index contributed by atoms with van der Waals surface area (Å²) < 4.78 is 7.42. The van der Waals surface area contributed by atoms with Crippen molar-refractivity contribution in [2.75, 3.05) is 25.6 Å². The molecule has 1 aromatic heterocycles. The van der Waals surface area contributed by atoms with Crippen LogP contribution in [0.25, 0.3) is 0 Å². The van der Waals surface area contributed by atoms with Gasteiger partial charge in [-0.2, -0.15) is 0 Å². The van der Waals surface area contributed by atoms with Crippen LogP contribution in [0.3, 0.4) is 0 Å². The number of hydrogen-bond donors (Lipinski definition) is 1. The molecule has 0 spiro atoms. The van der Waals surface area contributed by atoms with E-state index >= 15 is 0 Å². The van der Waals surface area contributed by atoms with E-state index in [1.807, 2.05) is 30.3 Å². The third kappa shape index (κ3) is 5.97. The van der Waals surface area contributed by atoms with E-state index in [0.717, 1.165) is 24.3 Å². The topological polar surface area (TPSA) is 46.5 Å². The molecule has 3 rings (SSSR count). The van der Waals surface area contributed by atoms with E-state index in [1.54, 1.807) is 12.0 Å². The summed E-state index contributed by atoms with van der Waals surface area (Å²) in [6.07, 6.45) is 3.04. The second-order valence-corrected chi connectivity index (χ2v) is 7.51. The second kappa shape index (κ2) is 10.6. The number of nitrogens with one attached hydrogen (secondary N) is 1. The third-order valence-corrected chi connectivity index (χ3v) is 5.22. The highest BCUT2D eigenvalue weighted by Crippen LogP contribution is 2.14. The predicted molar refractivity (Wildman–Crippen MR) is 122 cm³/mol. The number of rotatable bonds is 9. The van der Waals surface area contributed by atoms with Crippen LogP contribution in [0, 0.1) is 6.92 Å². The molecule has 2 aromatic carbocycles. The number of aryl methyl sites for hydroxylation is 2. The molecule has 3 aromatic rings. The molecular formula is C25H31N3O2. The molecule has 0 saturated carbocycles. The first-order valence-electron chi connectivity index (χ1n) is 10.4. The minimum atomic E-state index is -0.126. The molecule has 0 unspecified atom stereocenters. The van der Waals surface area contributed by atoms with Crippen molar-refractivity contribution in [2.45, 2.75) is 33.4 Å². The summed E-state index contributed by atoms with van der Waals surface area (Å²) >= 11 is 0. The first-order chi connectivity index (χ1) is 14.6. The Kier molecular flexibility index (Phi) is 7.69. The average molecular weight is 406 g/mol. The Morgan fingerprint density at radius 1 is 1.03 bits per heavy atom. The smallest absolute Gasteiger partial charge is 0.322 e. The van der Waals surface area contributed by atoms with Gasteiger partial charge in [0.15, 0.2) is 0 Å². The van der Waals surface area contributed by atoms with Gasteiger partial charge in [0.2, 0.25) is 0 Å². The molecular weight excluding hydrogens is 374 g/mol. The van der Waals surface area contributed by atoms with Crippen molar-refractivity contribution in [1.82, 2.24) is 9.47 Å². The van der Waals surface area contributed by atoms with Crippen LogP contribution in [0.5, 0.6) is 0 Å². The Morgan fingerprint density at radius 2 is 1.73 bits per heavy atom. The van der Waals surface area contributed by atoms with E-state index in [2.05, 4.69) is 60.3 Å². The van der Waals surface area contributed by atoms with Crippen molar-refractivity contribution < 1.29 is 9.53 Å². The maximum atomic E-state index is 13.0. The molecule has 0 radical (unpaired) electrons. The van der Waals surface area contributed by atoms with Crippen molar-refractivity contribution in [2.24, 2.45) is 0 Å². The molecule has 5 heteroatoms. The van der Waals surface area contributed by atoms with Gasteiger partial charge in [-0.3, -0.25) is 0 Å². The Labute approximate surface area is 179 Å². The Bertz CT molecular complexity index is 930. The van der Waals surface area contributed by atoms with Crippen LogP contribution in [0.15, 0.2) is 66.9 Å². The number of amides is 2. The standard InChI is InChI=1S/C25H31N3O2/c1-4-21-11-13-23(14-12-21)26-25(29)28(16-17-30-3)19-24-6-5-15-27(24)18-22-9-7-20(2)8-10-22/h5-15H,4,16-19H2,1-3H3,(H,26,29). The number of ether oxygens (including phenoxy) is 1. The number of aromatic nitrogens is 1. The minimum Gasteiger partial charge on any atom is -0.383 e. The van der Waals surface area contributed by atoms with Crippen LogP contribution in [0.2, 0.25) is 0 Å². The molecule has 30 heavy (non-hydrogen) atoms. The minimum absolute atomic E-state index is 0.126. The summed E-state index contributed by atoms with van der Waals surface area (Å²) in [6.45, 7) is 6.51. The molecule has 0 aliphatic heterocycles. The van der Waals surface area contributed by atoms with Gasteiger partial charge in [-0.15, -0.1) is 0 Å². The summed E-state index contributed by atoms with van der Waals surface area (Å²) in [6, 6.07) is 20.5. The van der Waals surface area contributed by atoms with Gasteiger partial charge in [-0.05, 0) is 48.7 Å². The summed E-state index contributed by atoms with van der Waals surface area (Å²) in [5.74, 6) is 0. The Hall–Kier alpha value is -3.05. The van der Waals surface area contributed by atoms with Gasteiger partial charge in [0.25, 0.3) is 0 Å². The fourth-order valence-electron chi connectivity index (χ4n) is 3.31. The maximum absolute atomic E-state index is 13.0. The zero-order valence-corrected chi connectivity index (χ0v) is 18.1. The molecule has 0 aliphatic rings. The molecule has 5 nitrogen and oxygen atoms in total. The molecule has 0 fully saturated rings. The summed E-state index contributed by atoms with van der Waals surface area (Å²) in [4.78, 5) is 14.7. The Balaban J connectivity index is 1.70. The van der Waals surface area contributed by atoms with Gasteiger partial charge in [-0.1, -0.05) is 48.9 Å². The van der Waals surface area contributed by atoms with Gasteiger partial charge >= 0.3 is 6.03 Å². The van der Waals surface area contributed by atoms with Gasteiger partial charge in [-0.25, -0.2) is 4.79 Å². The monoisotopic (exact) mass is 405 g/mol. The number of urea groups is 1. The quantitative estimate of drug-likeness (QED) is 0.539. The van der Waals surface area contributed by atoms with Crippen LogP contribution in [-0.4, -0.2) is 35.8 Å². The van der Waals surface area contributed by atoms with E-state index in [1.165, 1.54) is 16.7 Å². The zero-order valence-electron chi connectivity index (χ0n) is 18.1. The van der Waals surface area contributed by atoms with Gasteiger partial charge in [0.1, 0.15) is 0 Å². The Morgan fingerprint density at radius 3 is 2.40 bits per heavy atom. The number of carbonyl (C=O) groups is 1. The summed E-state index contributed by atoms with van der Waals surface area (Å²) in [7, 11) is 1.65. The van der Waals surface area contributed by atoms with Gasteiger partial charge in [0, 0.05) is 37.8 Å². The molecule has 0 aliphatic carbocycles. The number of methoxy groups -OCH3 is 1. The number of carbonyl (C=O) groups excluding carboxylic acids is 1. The fourth-order valence-corrected chi connectivity index (χ4v) is 3.31.